The number of rotatable bonds is 4. The molecule has 0 bridgehead atoms. The molecule has 0 radical (unpaired) electrons. The molecule has 0 atom stereocenters. The molecule has 0 saturated heterocycles. The van der Waals surface area contributed by atoms with Gasteiger partial charge in [0, 0.05) is 18.1 Å². The van der Waals surface area contributed by atoms with Gasteiger partial charge in [-0.3, -0.25) is 0 Å². The average molecular weight is 257 g/mol. The Kier molecular flexibility index (Phi) is 3.07. The van der Waals surface area contributed by atoms with E-state index in [4.69, 9.17) is 4.74 Å². The SMILES string of the molecule is CCOc1cccc2c1ccn2Cc1ccsc1. The quantitative estimate of drug-likeness (QED) is 0.685. The molecule has 2 aromatic heterocycles. The minimum atomic E-state index is 0.703. The monoisotopic (exact) mass is 257 g/mol. The molecule has 2 nitrogen and oxygen atoms in total. The number of nitrogens with zero attached hydrogens (tertiary/aromatic N) is 1. The lowest BCUT2D eigenvalue weighted by Gasteiger charge is -2.07. The molecule has 0 amide bonds. The van der Waals surface area contributed by atoms with Crippen molar-refractivity contribution in [1.82, 2.24) is 4.57 Å². The third-order valence-corrected chi connectivity index (χ3v) is 3.74. The van der Waals surface area contributed by atoms with Gasteiger partial charge in [-0.25, -0.2) is 0 Å². The summed E-state index contributed by atoms with van der Waals surface area (Å²) < 4.78 is 7.92. The summed E-state index contributed by atoms with van der Waals surface area (Å²) in [5, 5.41) is 5.50. The van der Waals surface area contributed by atoms with Crippen LogP contribution in [0.5, 0.6) is 5.75 Å². The molecule has 3 aromatic rings. The number of ether oxygens (including phenoxy) is 1. The molecule has 0 aliphatic rings. The maximum Gasteiger partial charge on any atom is 0.128 e. The molecule has 3 rings (SSSR count). The third-order valence-electron chi connectivity index (χ3n) is 3.01. The van der Waals surface area contributed by atoms with E-state index >= 15 is 0 Å². The van der Waals surface area contributed by atoms with E-state index in [1.165, 1.54) is 16.5 Å². The first-order valence-electron chi connectivity index (χ1n) is 6.10. The van der Waals surface area contributed by atoms with Gasteiger partial charge in [-0.1, -0.05) is 6.07 Å². The van der Waals surface area contributed by atoms with Crippen molar-refractivity contribution in [1.29, 1.82) is 0 Å². The highest BCUT2D eigenvalue weighted by molar-refractivity contribution is 7.07. The summed E-state index contributed by atoms with van der Waals surface area (Å²) >= 11 is 1.74. The summed E-state index contributed by atoms with van der Waals surface area (Å²) in [6, 6.07) is 10.5. The van der Waals surface area contributed by atoms with Crippen LogP contribution in [0.2, 0.25) is 0 Å². The van der Waals surface area contributed by atoms with E-state index in [-0.39, 0.29) is 0 Å². The molecule has 0 aliphatic carbocycles. The number of thiophene rings is 1. The van der Waals surface area contributed by atoms with E-state index in [0.717, 1.165) is 12.3 Å². The second-order valence-corrected chi connectivity index (χ2v) is 4.98. The van der Waals surface area contributed by atoms with Crippen LogP contribution in [0.3, 0.4) is 0 Å². The maximum absolute atomic E-state index is 5.66. The number of hydrogen-bond donors (Lipinski definition) is 0. The average Bonchev–Trinajstić information content (AvgIpc) is 3.01. The molecule has 3 heteroatoms. The van der Waals surface area contributed by atoms with Gasteiger partial charge in [-0.05, 0) is 47.5 Å². The van der Waals surface area contributed by atoms with Crippen LogP contribution in [-0.2, 0) is 6.54 Å². The highest BCUT2D eigenvalue weighted by Gasteiger charge is 2.06. The van der Waals surface area contributed by atoms with Crippen LogP contribution in [0.15, 0.2) is 47.3 Å². The molecular weight excluding hydrogens is 242 g/mol. The zero-order chi connectivity index (χ0) is 12.4. The molecule has 2 heterocycles. The highest BCUT2D eigenvalue weighted by Crippen LogP contribution is 2.27. The Morgan fingerprint density at radius 1 is 1.22 bits per heavy atom. The largest absolute Gasteiger partial charge is 0.493 e. The molecule has 18 heavy (non-hydrogen) atoms. The Bertz CT molecular complexity index is 640. The molecule has 0 aliphatic heterocycles. The van der Waals surface area contributed by atoms with Crippen LogP contribution in [0.25, 0.3) is 10.9 Å². The normalized spacial score (nSPS) is 10.9. The Morgan fingerprint density at radius 3 is 2.94 bits per heavy atom. The predicted octanol–water partition coefficient (Wildman–Crippen LogP) is 4.15. The van der Waals surface area contributed by atoms with Gasteiger partial charge in [0.2, 0.25) is 0 Å². The lowest BCUT2D eigenvalue weighted by atomic mass is 10.2. The fraction of sp³-hybridized carbons (Fsp3) is 0.200. The van der Waals surface area contributed by atoms with Crippen molar-refractivity contribution >= 4 is 22.2 Å². The van der Waals surface area contributed by atoms with E-state index in [9.17, 15) is 0 Å². The van der Waals surface area contributed by atoms with E-state index < -0.39 is 0 Å². The molecule has 0 fully saturated rings. The zero-order valence-corrected chi connectivity index (χ0v) is 11.1. The summed E-state index contributed by atoms with van der Waals surface area (Å²) in [5.74, 6) is 0.971. The maximum atomic E-state index is 5.66. The minimum absolute atomic E-state index is 0.703. The van der Waals surface area contributed by atoms with Gasteiger partial charge in [0.1, 0.15) is 5.75 Å². The minimum Gasteiger partial charge on any atom is -0.493 e. The Balaban J connectivity index is 2.01. The molecule has 1 aromatic carbocycles. The molecule has 0 unspecified atom stereocenters. The van der Waals surface area contributed by atoms with Crippen molar-refractivity contribution < 1.29 is 4.74 Å². The van der Waals surface area contributed by atoms with Gasteiger partial charge < -0.3 is 9.30 Å². The van der Waals surface area contributed by atoms with Crippen molar-refractivity contribution in [2.45, 2.75) is 13.5 Å². The third kappa shape index (κ3) is 2.02. The van der Waals surface area contributed by atoms with Gasteiger partial charge in [0.25, 0.3) is 0 Å². The number of hydrogen-bond acceptors (Lipinski definition) is 2. The van der Waals surface area contributed by atoms with Crippen molar-refractivity contribution in [3.8, 4) is 5.75 Å². The van der Waals surface area contributed by atoms with Gasteiger partial charge in [0.05, 0.1) is 12.1 Å². The van der Waals surface area contributed by atoms with Gasteiger partial charge in [0.15, 0.2) is 0 Å². The Hall–Kier alpha value is -1.74. The van der Waals surface area contributed by atoms with E-state index in [0.29, 0.717) is 6.61 Å². The molecular formula is C15H15NOS. The fourth-order valence-corrected chi connectivity index (χ4v) is 2.85. The Labute approximate surface area is 110 Å². The first-order valence-corrected chi connectivity index (χ1v) is 7.04. The fourth-order valence-electron chi connectivity index (χ4n) is 2.19. The first kappa shape index (κ1) is 11.4. The molecule has 0 saturated carbocycles. The van der Waals surface area contributed by atoms with Crippen molar-refractivity contribution in [3.63, 3.8) is 0 Å². The summed E-state index contributed by atoms with van der Waals surface area (Å²) in [7, 11) is 0. The number of benzene rings is 1. The lowest BCUT2D eigenvalue weighted by Crippen LogP contribution is -1.96. The van der Waals surface area contributed by atoms with Gasteiger partial charge in [-0.2, -0.15) is 11.3 Å². The molecule has 92 valence electrons. The van der Waals surface area contributed by atoms with Crippen molar-refractivity contribution in [2.75, 3.05) is 6.61 Å². The topological polar surface area (TPSA) is 14.2 Å². The molecule has 0 N–H and O–H groups in total. The predicted molar refractivity (Wildman–Crippen MR) is 76.5 cm³/mol. The lowest BCUT2D eigenvalue weighted by molar-refractivity contribution is 0.344. The summed E-state index contributed by atoms with van der Waals surface area (Å²) in [4.78, 5) is 0. The van der Waals surface area contributed by atoms with Crippen LogP contribution in [-0.4, -0.2) is 11.2 Å². The standard InChI is InChI=1S/C15H15NOS/c1-2-17-15-5-3-4-14-13(15)6-8-16(14)10-12-7-9-18-11-12/h3-9,11H,2,10H2,1H3. The van der Waals surface area contributed by atoms with E-state index in [2.05, 4.69) is 45.8 Å². The second-order valence-electron chi connectivity index (χ2n) is 4.20. The van der Waals surface area contributed by atoms with Crippen LogP contribution in [0.1, 0.15) is 12.5 Å². The summed E-state index contributed by atoms with van der Waals surface area (Å²) in [5.41, 5.74) is 2.58. The van der Waals surface area contributed by atoms with Crippen LogP contribution in [0, 0.1) is 0 Å². The smallest absolute Gasteiger partial charge is 0.128 e. The zero-order valence-electron chi connectivity index (χ0n) is 10.3. The summed E-state index contributed by atoms with van der Waals surface area (Å²) in [6.45, 7) is 3.64. The summed E-state index contributed by atoms with van der Waals surface area (Å²) in [6.07, 6.45) is 2.13. The van der Waals surface area contributed by atoms with Crippen LogP contribution in [0.4, 0.5) is 0 Å². The Morgan fingerprint density at radius 2 is 2.17 bits per heavy atom. The van der Waals surface area contributed by atoms with Crippen molar-refractivity contribution in [3.05, 3.63) is 52.9 Å². The number of aromatic nitrogens is 1. The van der Waals surface area contributed by atoms with Crippen LogP contribution >= 0.6 is 11.3 Å². The van der Waals surface area contributed by atoms with Gasteiger partial charge in [-0.15, -0.1) is 0 Å². The van der Waals surface area contributed by atoms with E-state index in [1.807, 2.05) is 13.0 Å². The second kappa shape index (κ2) is 4.86. The van der Waals surface area contributed by atoms with E-state index in [1.54, 1.807) is 11.3 Å². The first-order chi connectivity index (χ1) is 8.88. The van der Waals surface area contributed by atoms with Crippen molar-refractivity contribution in [2.24, 2.45) is 0 Å². The highest BCUT2D eigenvalue weighted by atomic mass is 32.1. The number of fused-ring (bicyclic) bond motifs is 1. The molecule has 0 spiro atoms. The van der Waals surface area contributed by atoms with Crippen LogP contribution < -0.4 is 4.74 Å². The van der Waals surface area contributed by atoms with Gasteiger partial charge >= 0.3 is 0 Å².